The molecule has 3 aromatic carbocycles. The molecule has 0 saturated heterocycles. The molecule has 3 rings (SSSR count). The summed E-state index contributed by atoms with van der Waals surface area (Å²) in [6.07, 6.45) is 0.878. The van der Waals surface area contributed by atoms with Crippen LogP contribution in [0.5, 0.6) is 0 Å². The molecule has 32 heavy (non-hydrogen) atoms. The van der Waals surface area contributed by atoms with E-state index in [-0.39, 0.29) is 5.91 Å². The second-order valence-electron chi connectivity index (χ2n) is 7.47. The van der Waals surface area contributed by atoms with E-state index in [1.165, 1.54) is 0 Å². The highest BCUT2D eigenvalue weighted by atomic mass is 35.5. The average molecular weight is 449 g/mol. The van der Waals surface area contributed by atoms with Crippen LogP contribution in [0.2, 0.25) is 5.02 Å². The quantitative estimate of drug-likeness (QED) is 0.322. The molecular formula is C26H25ClN2O3. The SMILES string of the molecule is C=C(c1ccc(Cl)cc1)c1ccc(C(=O)NCCC(Cc2ccccc2)C(=O)NO)cc1. The molecule has 1 unspecified atom stereocenters. The number of halogens is 1. The van der Waals surface area contributed by atoms with Gasteiger partial charge in [0.2, 0.25) is 5.91 Å². The molecule has 0 bridgehead atoms. The van der Waals surface area contributed by atoms with Crippen molar-refractivity contribution < 1.29 is 14.8 Å². The minimum Gasteiger partial charge on any atom is -0.352 e. The highest BCUT2D eigenvalue weighted by Gasteiger charge is 2.19. The molecule has 0 aromatic heterocycles. The Kier molecular flexibility index (Phi) is 8.20. The van der Waals surface area contributed by atoms with Gasteiger partial charge in [-0.25, -0.2) is 5.48 Å². The van der Waals surface area contributed by atoms with Crippen LogP contribution in [0.25, 0.3) is 5.57 Å². The molecule has 2 amide bonds. The first-order valence-electron chi connectivity index (χ1n) is 10.3. The number of nitrogens with one attached hydrogen (secondary N) is 2. The maximum absolute atomic E-state index is 12.5. The van der Waals surface area contributed by atoms with E-state index in [1.54, 1.807) is 17.6 Å². The topological polar surface area (TPSA) is 78.4 Å². The van der Waals surface area contributed by atoms with Crippen molar-refractivity contribution in [2.75, 3.05) is 6.54 Å². The van der Waals surface area contributed by atoms with Crippen molar-refractivity contribution in [1.29, 1.82) is 0 Å². The molecular weight excluding hydrogens is 424 g/mol. The van der Waals surface area contributed by atoms with Crippen molar-refractivity contribution in [2.24, 2.45) is 5.92 Å². The maximum Gasteiger partial charge on any atom is 0.251 e. The van der Waals surface area contributed by atoms with Crippen LogP contribution in [0.1, 0.15) is 33.5 Å². The molecule has 0 spiro atoms. The molecule has 0 heterocycles. The van der Waals surface area contributed by atoms with Crippen LogP contribution in [-0.4, -0.2) is 23.6 Å². The Balaban J connectivity index is 1.56. The van der Waals surface area contributed by atoms with Gasteiger partial charge in [-0.05, 0) is 59.4 Å². The van der Waals surface area contributed by atoms with E-state index < -0.39 is 11.8 Å². The van der Waals surface area contributed by atoms with E-state index in [1.807, 2.05) is 66.7 Å². The third-order valence-corrected chi connectivity index (χ3v) is 5.52. The zero-order valence-electron chi connectivity index (χ0n) is 17.6. The van der Waals surface area contributed by atoms with Crippen LogP contribution in [0.3, 0.4) is 0 Å². The predicted octanol–water partition coefficient (Wildman–Crippen LogP) is 4.89. The Morgan fingerprint density at radius 3 is 2.03 bits per heavy atom. The van der Waals surface area contributed by atoms with Crippen molar-refractivity contribution in [3.63, 3.8) is 0 Å². The molecule has 0 aliphatic rings. The lowest BCUT2D eigenvalue weighted by molar-refractivity contribution is -0.133. The predicted molar refractivity (Wildman–Crippen MR) is 127 cm³/mol. The summed E-state index contributed by atoms with van der Waals surface area (Å²) in [6.45, 7) is 4.43. The molecule has 6 heteroatoms. The molecule has 0 aliphatic carbocycles. The van der Waals surface area contributed by atoms with Crippen LogP contribution < -0.4 is 10.8 Å². The molecule has 0 fully saturated rings. The summed E-state index contributed by atoms with van der Waals surface area (Å²) in [6, 6.07) is 24.2. The molecule has 3 aromatic rings. The molecule has 164 valence electrons. The Morgan fingerprint density at radius 1 is 0.875 bits per heavy atom. The van der Waals surface area contributed by atoms with E-state index in [2.05, 4.69) is 11.9 Å². The summed E-state index contributed by atoms with van der Waals surface area (Å²) >= 11 is 5.94. The second kappa shape index (κ2) is 11.3. The van der Waals surface area contributed by atoms with E-state index in [0.29, 0.717) is 30.0 Å². The molecule has 5 nitrogen and oxygen atoms in total. The monoisotopic (exact) mass is 448 g/mol. The largest absolute Gasteiger partial charge is 0.352 e. The van der Waals surface area contributed by atoms with Crippen LogP contribution >= 0.6 is 11.6 Å². The van der Waals surface area contributed by atoms with Crippen molar-refractivity contribution >= 4 is 29.0 Å². The number of carbonyl (C=O) groups is 2. The van der Waals surface area contributed by atoms with Crippen LogP contribution in [0.15, 0.2) is 85.4 Å². The molecule has 1 atom stereocenters. The van der Waals surface area contributed by atoms with Gasteiger partial charge < -0.3 is 5.32 Å². The van der Waals surface area contributed by atoms with Crippen molar-refractivity contribution in [3.05, 3.63) is 113 Å². The third kappa shape index (κ3) is 6.30. The van der Waals surface area contributed by atoms with E-state index in [4.69, 9.17) is 16.8 Å². The Bertz CT molecular complexity index is 1060. The van der Waals surface area contributed by atoms with Gasteiger partial charge in [0.1, 0.15) is 0 Å². The smallest absolute Gasteiger partial charge is 0.251 e. The molecule has 0 aliphatic heterocycles. The first-order chi connectivity index (χ1) is 15.5. The van der Waals surface area contributed by atoms with Crippen molar-refractivity contribution in [1.82, 2.24) is 10.8 Å². The summed E-state index contributed by atoms with van der Waals surface area (Å²) < 4.78 is 0. The normalized spacial score (nSPS) is 11.4. The standard InChI is InChI=1S/C26H25ClN2O3/c1-18(21-11-13-24(27)14-12-21)20-7-9-22(10-8-20)25(30)28-16-15-23(26(31)29-32)17-19-5-3-2-4-6-19/h2-14,23,32H,1,15-17H2,(H,28,30)(H,29,31). The summed E-state index contributed by atoms with van der Waals surface area (Å²) in [5.74, 6) is -1.14. The lowest BCUT2D eigenvalue weighted by Gasteiger charge is -2.15. The maximum atomic E-state index is 12.5. The average Bonchev–Trinajstić information content (AvgIpc) is 2.83. The van der Waals surface area contributed by atoms with Gasteiger partial charge in [-0.1, -0.05) is 72.8 Å². The Hall–Kier alpha value is -3.41. The van der Waals surface area contributed by atoms with Gasteiger partial charge in [0.05, 0.1) is 0 Å². The summed E-state index contributed by atoms with van der Waals surface area (Å²) in [5.41, 5.74) is 5.93. The van der Waals surface area contributed by atoms with Gasteiger partial charge in [-0.15, -0.1) is 0 Å². The lowest BCUT2D eigenvalue weighted by atomic mass is 9.95. The van der Waals surface area contributed by atoms with Crippen LogP contribution in [0.4, 0.5) is 0 Å². The molecule has 0 radical (unpaired) electrons. The molecule has 0 saturated carbocycles. The van der Waals surface area contributed by atoms with E-state index >= 15 is 0 Å². The third-order valence-electron chi connectivity index (χ3n) is 5.27. The summed E-state index contributed by atoms with van der Waals surface area (Å²) in [7, 11) is 0. The fourth-order valence-corrected chi connectivity index (χ4v) is 3.54. The molecule has 3 N–H and O–H groups in total. The van der Waals surface area contributed by atoms with Crippen molar-refractivity contribution in [2.45, 2.75) is 12.8 Å². The summed E-state index contributed by atoms with van der Waals surface area (Å²) in [5, 5.41) is 12.5. The Labute approximate surface area is 192 Å². The zero-order valence-corrected chi connectivity index (χ0v) is 18.3. The number of hydroxylamine groups is 1. The van der Waals surface area contributed by atoms with Gasteiger partial charge in [0.25, 0.3) is 5.91 Å². The van der Waals surface area contributed by atoms with Gasteiger partial charge in [-0.3, -0.25) is 14.8 Å². The number of amides is 2. The summed E-state index contributed by atoms with van der Waals surface area (Å²) in [4.78, 5) is 24.5. The number of carbonyl (C=O) groups excluding carboxylic acids is 2. The Morgan fingerprint density at radius 2 is 1.44 bits per heavy atom. The number of hydrogen-bond donors (Lipinski definition) is 3. The highest BCUT2D eigenvalue weighted by molar-refractivity contribution is 6.30. The van der Waals surface area contributed by atoms with Gasteiger partial charge in [0, 0.05) is 23.0 Å². The van der Waals surface area contributed by atoms with Gasteiger partial charge in [-0.2, -0.15) is 0 Å². The van der Waals surface area contributed by atoms with E-state index in [0.717, 1.165) is 22.3 Å². The lowest BCUT2D eigenvalue weighted by Crippen LogP contribution is -2.33. The van der Waals surface area contributed by atoms with Crippen LogP contribution in [-0.2, 0) is 11.2 Å². The number of hydrogen-bond acceptors (Lipinski definition) is 3. The first kappa shape index (κ1) is 23.3. The van der Waals surface area contributed by atoms with Gasteiger partial charge in [0.15, 0.2) is 0 Å². The fourth-order valence-electron chi connectivity index (χ4n) is 3.42. The van der Waals surface area contributed by atoms with Crippen LogP contribution in [0, 0.1) is 5.92 Å². The zero-order chi connectivity index (χ0) is 22.9. The minimum absolute atomic E-state index is 0.225. The second-order valence-corrected chi connectivity index (χ2v) is 7.91. The van der Waals surface area contributed by atoms with Crippen molar-refractivity contribution in [3.8, 4) is 0 Å². The van der Waals surface area contributed by atoms with E-state index in [9.17, 15) is 9.59 Å². The first-order valence-corrected chi connectivity index (χ1v) is 10.7. The fraction of sp³-hybridized carbons (Fsp3) is 0.154. The number of rotatable bonds is 9. The minimum atomic E-state index is -0.465. The van der Waals surface area contributed by atoms with Gasteiger partial charge >= 0.3 is 0 Å². The number of benzene rings is 3. The highest BCUT2D eigenvalue weighted by Crippen LogP contribution is 2.23.